The molecule has 2 N–H and O–H groups in total. The fourth-order valence-corrected chi connectivity index (χ4v) is 1.60. The van der Waals surface area contributed by atoms with E-state index in [0.29, 0.717) is 19.6 Å². The smallest absolute Gasteiger partial charge is 0.306 e. The van der Waals surface area contributed by atoms with Crippen molar-refractivity contribution in [2.75, 3.05) is 6.54 Å². The van der Waals surface area contributed by atoms with E-state index in [-0.39, 0.29) is 11.9 Å². The average molecular weight is 286 g/mol. The van der Waals surface area contributed by atoms with Gasteiger partial charge in [-0.05, 0) is 18.5 Å². The molecule has 0 bridgehead atoms. The number of rotatable bonds is 5. The lowest BCUT2D eigenvalue weighted by Gasteiger charge is -2.09. The van der Waals surface area contributed by atoms with E-state index in [9.17, 15) is 4.79 Å². The van der Waals surface area contributed by atoms with Crippen LogP contribution in [0.25, 0.3) is 0 Å². The molecule has 1 aromatic carbocycles. The Labute approximate surface area is 104 Å². The second-order valence-electron chi connectivity index (χ2n) is 3.80. The molecule has 0 radical (unpaired) electrons. The van der Waals surface area contributed by atoms with Gasteiger partial charge in [0.25, 0.3) is 0 Å². The average Bonchev–Trinajstić information content (AvgIpc) is 2.28. The van der Waals surface area contributed by atoms with Crippen LogP contribution in [0.3, 0.4) is 0 Å². The molecule has 1 rings (SSSR count). The summed E-state index contributed by atoms with van der Waals surface area (Å²) in [5, 5.41) is 0. The van der Waals surface area contributed by atoms with Crippen molar-refractivity contribution in [3.63, 3.8) is 0 Å². The zero-order chi connectivity index (χ0) is 12.0. The molecule has 0 saturated carbocycles. The first-order valence-electron chi connectivity index (χ1n) is 5.22. The molecule has 0 heterocycles. The van der Waals surface area contributed by atoms with Crippen LogP contribution in [-0.2, 0) is 16.1 Å². The van der Waals surface area contributed by atoms with Gasteiger partial charge in [-0.25, -0.2) is 0 Å². The molecule has 0 aliphatic heterocycles. The number of benzene rings is 1. The van der Waals surface area contributed by atoms with Crippen molar-refractivity contribution in [1.82, 2.24) is 0 Å². The lowest BCUT2D eigenvalue weighted by atomic mass is 10.1. The van der Waals surface area contributed by atoms with Crippen molar-refractivity contribution in [2.24, 2.45) is 11.7 Å². The van der Waals surface area contributed by atoms with Crippen LogP contribution in [0.15, 0.2) is 28.7 Å². The monoisotopic (exact) mass is 285 g/mol. The minimum absolute atomic E-state index is 0.173. The van der Waals surface area contributed by atoms with Crippen LogP contribution in [0.5, 0.6) is 0 Å². The Bertz CT molecular complexity index is 355. The summed E-state index contributed by atoms with van der Waals surface area (Å²) in [6.07, 6.45) is 0.376. The summed E-state index contributed by atoms with van der Waals surface area (Å²) in [6, 6.07) is 7.68. The highest BCUT2D eigenvalue weighted by atomic mass is 79.9. The van der Waals surface area contributed by atoms with Crippen molar-refractivity contribution < 1.29 is 9.53 Å². The molecular formula is C12H16BrNO2. The number of hydrogen-bond acceptors (Lipinski definition) is 3. The van der Waals surface area contributed by atoms with Crippen molar-refractivity contribution >= 4 is 21.9 Å². The van der Waals surface area contributed by atoms with Crippen molar-refractivity contribution in [1.29, 1.82) is 0 Å². The van der Waals surface area contributed by atoms with E-state index in [1.165, 1.54) is 0 Å². The maximum atomic E-state index is 11.4. The van der Waals surface area contributed by atoms with Crippen LogP contribution in [0.4, 0.5) is 0 Å². The predicted octanol–water partition coefficient (Wildman–Crippen LogP) is 2.48. The van der Waals surface area contributed by atoms with Crippen LogP contribution in [-0.4, -0.2) is 12.5 Å². The molecular weight excluding hydrogens is 270 g/mol. The molecule has 0 amide bonds. The third kappa shape index (κ3) is 4.33. The molecule has 0 aliphatic carbocycles. The third-order valence-corrected chi connectivity index (χ3v) is 3.04. The number of esters is 1. The number of nitrogens with two attached hydrogens (primary N) is 1. The zero-order valence-electron chi connectivity index (χ0n) is 9.28. The van der Waals surface area contributed by atoms with Gasteiger partial charge < -0.3 is 10.5 Å². The number of ether oxygens (including phenoxy) is 1. The number of carbonyl (C=O) groups is 1. The lowest BCUT2D eigenvalue weighted by Crippen LogP contribution is -2.16. The fourth-order valence-electron chi connectivity index (χ4n) is 1.20. The number of halogens is 1. The number of carbonyl (C=O) groups excluding carboxylic acids is 1. The maximum absolute atomic E-state index is 11.4. The molecule has 4 heteroatoms. The van der Waals surface area contributed by atoms with Crippen LogP contribution in [0.1, 0.15) is 18.9 Å². The Balaban J connectivity index is 2.40. The van der Waals surface area contributed by atoms with Gasteiger partial charge in [-0.15, -0.1) is 0 Å². The summed E-state index contributed by atoms with van der Waals surface area (Å²) in [5.41, 5.74) is 6.41. The third-order valence-electron chi connectivity index (χ3n) is 2.26. The van der Waals surface area contributed by atoms with Crippen LogP contribution in [0.2, 0.25) is 0 Å². The van der Waals surface area contributed by atoms with E-state index in [1.807, 2.05) is 31.2 Å². The van der Waals surface area contributed by atoms with Crippen molar-refractivity contribution in [2.45, 2.75) is 20.0 Å². The summed E-state index contributed by atoms with van der Waals surface area (Å²) in [6.45, 7) is 2.74. The van der Waals surface area contributed by atoms with Gasteiger partial charge in [0.1, 0.15) is 6.61 Å². The Morgan fingerprint density at radius 3 is 2.81 bits per heavy atom. The summed E-state index contributed by atoms with van der Waals surface area (Å²) < 4.78 is 6.11. The standard InChI is InChI=1S/C12H16BrNO2/c1-9(7-14)6-12(15)16-8-10-4-2-3-5-11(10)13/h2-5,9H,6-8,14H2,1H3. The number of hydrogen-bond donors (Lipinski definition) is 1. The fraction of sp³-hybridized carbons (Fsp3) is 0.417. The van der Waals surface area contributed by atoms with E-state index in [0.717, 1.165) is 10.0 Å². The Morgan fingerprint density at radius 1 is 1.50 bits per heavy atom. The topological polar surface area (TPSA) is 52.3 Å². The van der Waals surface area contributed by atoms with Crippen LogP contribution >= 0.6 is 15.9 Å². The van der Waals surface area contributed by atoms with E-state index >= 15 is 0 Å². The molecule has 1 atom stereocenters. The molecule has 3 nitrogen and oxygen atoms in total. The first-order valence-corrected chi connectivity index (χ1v) is 6.02. The van der Waals surface area contributed by atoms with Gasteiger partial charge in [0.2, 0.25) is 0 Å². The molecule has 88 valence electrons. The maximum Gasteiger partial charge on any atom is 0.306 e. The van der Waals surface area contributed by atoms with Crippen molar-refractivity contribution in [3.8, 4) is 0 Å². The largest absolute Gasteiger partial charge is 0.461 e. The molecule has 16 heavy (non-hydrogen) atoms. The molecule has 0 saturated heterocycles. The first kappa shape index (κ1) is 13.2. The van der Waals surface area contributed by atoms with E-state index in [4.69, 9.17) is 10.5 Å². The summed E-state index contributed by atoms with van der Waals surface area (Å²) in [5.74, 6) is -0.0274. The minimum atomic E-state index is -0.200. The predicted molar refractivity (Wildman–Crippen MR) is 66.8 cm³/mol. The zero-order valence-corrected chi connectivity index (χ0v) is 10.9. The molecule has 0 aromatic heterocycles. The summed E-state index contributed by atoms with van der Waals surface area (Å²) in [4.78, 5) is 11.4. The molecule has 1 unspecified atom stereocenters. The van der Waals surface area contributed by atoms with Gasteiger partial charge in [0.15, 0.2) is 0 Å². The quantitative estimate of drug-likeness (QED) is 0.846. The van der Waals surface area contributed by atoms with Gasteiger partial charge in [-0.1, -0.05) is 41.1 Å². The SMILES string of the molecule is CC(CN)CC(=O)OCc1ccccc1Br. The molecule has 0 aliphatic rings. The van der Waals surface area contributed by atoms with Crippen molar-refractivity contribution in [3.05, 3.63) is 34.3 Å². The lowest BCUT2D eigenvalue weighted by molar-refractivity contribution is -0.145. The summed E-state index contributed by atoms with van der Waals surface area (Å²) >= 11 is 3.40. The van der Waals surface area contributed by atoms with Gasteiger partial charge in [0.05, 0.1) is 0 Å². The van der Waals surface area contributed by atoms with Crippen LogP contribution < -0.4 is 5.73 Å². The highest BCUT2D eigenvalue weighted by Crippen LogP contribution is 2.17. The van der Waals surface area contributed by atoms with E-state index in [2.05, 4.69) is 15.9 Å². The molecule has 0 spiro atoms. The second-order valence-corrected chi connectivity index (χ2v) is 4.65. The molecule has 0 fully saturated rings. The Hall–Kier alpha value is -0.870. The Kier molecular flexibility index (Phi) is 5.49. The highest BCUT2D eigenvalue weighted by Gasteiger charge is 2.09. The highest BCUT2D eigenvalue weighted by molar-refractivity contribution is 9.10. The summed E-state index contributed by atoms with van der Waals surface area (Å²) in [7, 11) is 0. The van der Waals surface area contributed by atoms with E-state index < -0.39 is 0 Å². The second kappa shape index (κ2) is 6.66. The first-order chi connectivity index (χ1) is 7.63. The van der Waals surface area contributed by atoms with Crippen LogP contribution in [0, 0.1) is 5.92 Å². The van der Waals surface area contributed by atoms with Gasteiger partial charge in [0, 0.05) is 16.5 Å². The van der Waals surface area contributed by atoms with Gasteiger partial charge >= 0.3 is 5.97 Å². The minimum Gasteiger partial charge on any atom is -0.461 e. The van der Waals surface area contributed by atoms with Gasteiger partial charge in [-0.2, -0.15) is 0 Å². The van der Waals surface area contributed by atoms with E-state index in [1.54, 1.807) is 0 Å². The normalized spacial score (nSPS) is 12.2. The molecule has 1 aromatic rings. The van der Waals surface area contributed by atoms with Gasteiger partial charge in [-0.3, -0.25) is 4.79 Å². The Morgan fingerprint density at radius 2 is 2.19 bits per heavy atom.